The molecule has 1 N–H and O–H groups in total. The second-order valence-electron chi connectivity index (χ2n) is 3.54. The summed E-state index contributed by atoms with van der Waals surface area (Å²) in [4.78, 5) is 4.20. The monoisotopic (exact) mass is 333 g/mol. The molecule has 0 spiro atoms. The Labute approximate surface area is 118 Å². The number of anilines is 1. The van der Waals surface area contributed by atoms with Gasteiger partial charge in [0.1, 0.15) is 11.0 Å². The zero-order valence-corrected chi connectivity index (χ0v) is 12.1. The smallest absolute Gasteiger partial charge is 0.128 e. The van der Waals surface area contributed by atoms with Crippen molar-refractivity contribution in [1.82, 2.24) is 9.55 Å². The minimum absolute atomic E-state index is 0.608. The Morgan fingerprint density at radius 1 is 1.41 bits per heavy atom. The largest absolute Gasteiger partial charge is 0.378 e. The van der Waals surface area contributed by atoms with E-state index in [2.05, 4.69) is 26.2 Å². The maximum atomic E-state index is 5.92. The molecule has 2 rings (SSSR count). The zero-order chi connectivity index (χ0) is 12.4. The lowest BCUT2D eigenvalue weighted by Crippen LogP contribution is -2.06. The van der Waals surface area contributed by atoms with Gasteiger partial charge in [0.2, 0.25) is 0 Å². The second kappa shape index (κ2) is 5.29. The number of halogens is 3. The lowest BCUT2D eigenvalue weighted by Gasteiger charge is -2.07. The van der Waals surface area contributed by atoms with Crippen LogP contribution in [-0.2, 0) is 13.6 Å². The maximum Gasteiger partial charge on any atom is 0.128 e. The molecular formula is C11H10BrCl2N3. The molecule has 1 aromatic heterocycles. The van der Waals surface area contributed by atoms with E-state index in [4.69, 9.17) is 23.2 Å². The van der Waals surface area contributed by atoms with Crippen LogP contribution in [0.5, 0.6) is 0 Å². The van der Waals surface area contributed by atoms with Gasteiger partial charge in [-0.3, -0.25) is 0 Å². The van der Waals surface area contributed by atoms with E-state index >= 15 is 0 Å². The van der Waals surface area contributed by atoms with Crippen LogP contribution < -0.4 is 5.32 Å². The lowest BCUT2D eigenvalue weighted by molar-refractivity contribution is 0.813. The Morgan fingerprint density at radius 2 is 2.18 bits per heavy atom. The van der Waals surface area contributed by atoms with Crippen LogP contribution in [0.2, 0.25) is 10.2 Å². The minimum Gasteiger partial charge on any atom is -0.378 e. The fraction of sp³-hybridized carbons (Fsp3) is 0.182. The molecule has 0 saturated carbocycles. The van der Waals surface area contributed by atoms with Crippen LogP contribution >= 0.6 is 39.1 Å². The van der Waals surface area contributed by atoms with Crippen LogP contribution in [0.4, 0.5) is 5.69 Å². The van der Waals surface area contributed by atoms with Crippen molar-refractivity contribution >= 4 is 44.8 Å². The van der Waals surface area contributed by atoms with E-state index in [0.29, 0.717) is 16.7 Å². The first-order valence-corrected chi connectivity index (χ1v) is 6.48. The second-order valence-corrected chi connectivity index (χ2v) is 5.19. The molecule has 90 valence electrons. The van der Waals surface area contributed by atoms with Crippen molar-refractivity contribution in [2.45, 2.75) is 6.54 Å². The van der Waals surface area contributed by atoms with Crippen molar-refractivity contribution in [2.75, 3.05) is 5.32 Å². The Kier molecular flexibility index (Phi) is 3.97. The van der Waals surface area contributed by atoms with Gasteiger partial charge in [0.15, 0.2) is 0 Å². The molecule has 0 aliphatic heterocycles. The highest BCUT2D eigenvalue weighted by molar-refractivity contribution is 9.10. The summed E-state index contributed by atoms with van der Waals surface area (Å²) in [7, 11) is 1.88. The van der Waals surface area contributed by atoms with Crippen molar-refractivity contribution in [3.05, 3.63) is 44.9 Å². The molecule has 0 fully saturated rings. The average molecular weight is 335 g/mol. The number of aromatic nitrogens is 2. The molecule has 0 bridgehead atoms. The summed E-state index contributed by atoms with van der Waals surface area (Å²) in [6.07, 6.45) is 1.64. The first kappa shape index (κ1) is 12.7. The van der Waals surface area contributed by atoms with E-state index in [1.165, 1.54) is 0 Å². The molecule has 0 amide bonds. The maximum absolute atomic E-state index is 5.92. The van der Waals surface area contributed by atoms with Gasteiger partial charge in [-0.25, -0.2) is 4.98 Å². The third-order valence-corrected chi connectivity index (χ3v) is 3.96. The van der Waals surface area contributed by atoms with E-state index in [-0.39, 0.29) is 0 Å². The predicted octanol–water partition coefficient (Wildman–Crippen LogP) is 4.10. The van der Waals surface area contributed by atoms with Crippen LogP contribution in [0.3, 0.4) is 0 Å². The van der Waals surface area contributed by atoms with Gasteiger partial charge in [0.05, 0.1) is 17.8 Å². The Bertz CT molecular complexity index is 540. The number of hydrogen-bond donors (Lipinski definition) is 1. The fourth-order valence-corrected chi connectivity index (χ4v) is 2.02. The van der Waals surface area contributed by atoms with Gasteiger partial charge >= 0.3 is 0 Å². The summed E-state index contributed by atoms with van der Waals surface area (Å²) in [6.45, 7) is 0.608. The van der Waals surface area contributed by atoms with E-state index in [1.807, 2.05) is 29.8 Å². The summed E-state index contributed by atoms with van der Waals surface area (Å²) in [5.74, 6) is 0.876. The molecule has 2 aromatic rings. The molecular weight excluding hydrogens is 325 g/mol. The molecule has 17 heavy (non-hydrogen) atoms. The average Bonchev–Trinajstić information content (AvgIpc) is 2.62. The van der Waals surface area contributed by atoms with Crippen molar-refractivity contribution in [3.63, 3.8) is 0 Å². The minimum atomic E-state index is 0.608. The van der Waals surface area contributed by atoms with Gasteiger partial charge in [-0.05, 0) is 34.1 Å². The normalized spacial score (nSPS) is 10.6. The van der Waals surface area contributed by atoms with Gasteiger partial charge < -0.3 is 9.88 Å². The zero-order valence-electron chi connectivity index (χ0n) is 9.04. The molecule has 0 aliphatic carbocycles. The molecule has 0 saturated heterocycles. The summed E-state index contributed by atoms with van der Waals surface area (Å²) < 4.78 is 2.70. The quantitative estimate of drug-likeness (QED) is 0.915. The number of nitrogens with one attached hydrogen (secondary N) is 1. The third-order valence-electron chi connectivity index (χ3n) is 2.40. The van der Waals surface area contributed by atoms with Crippen LogP contribution in [0, 0.1) is 0 Å². The van der Waals surface area contributed by atoms with Crippen LogP contribution in [0.15, 0.2) is 28.9 Å². The highest BCUT2D eigenvalue weighted by Crippen LogP contribution is 2.25. The SMILES string of the molecule is Cn1c(Cl)cnc1CNc1ccc(Cl)c(Br)c1. The molecule has 3 nitrogen and oxygen atoms in total. The summed E-state index contributed by atoms with van der Waals surface area (Å²) >= 11 is 15.2. The van der Waals surface area contributed by atoms with Gasteiger partial charge in [0.25, 0.3) is 0 Å². The molecule has 1 aromatic carbocycles. The first-order valence-electron chi connectivity index (χ1n) is 4.93. The van der Waals surface area contributed by atoms with Gasteiger partial charge in [-0.1, -0.05) is 23.2 Å². The van der Waals surface area contributed by atoms with Crippen molar-refractivity contribution in [1.29, 1.82) is 0 Å². The highest BCUT2D eigenvalue weighted by atomic mass is 79.9. The first-order chi connectivity index (χ1) is 8.08. The van der Waals surface area contributed by atoms with E-state index in [0.717, 1.165) is 16.0 Å². The standard InChI is InChI=1S/C11H10BrCl2N3/c1-17-10(14)5-16-11(17)6-15-7-2-3-9(13)8(12)4-7/h2-5,15H,6H2,1H3. The van der Waals surface area contributed by atoms with E-state index in [1.54, 1.807) is 6.20 Å². The number of rotatable bonds is 3. The van der Waals surface area contributed by atoms with Gasteiger partial charge in [-0.2, -0.15) is 0 Å². The number of nitrogens with zero attached hydrogens (tertiary/aromatic N) is 2. The molecule has 0 radical (unpaired) electrons. The Morgan fingerprint density at radius 3 is 2.76 bits per heavy atom. The number of benzene rings is 1. The number of imidazole rings is 1. The van der Waals surface area contributed by atoms with Crippen LogP contribution in [0.1, 0.15) is 5.82 Å². The van der Waals surface area contributed by atoms with Gasteiger partial charge in [-0.15, -0.1) is 0 Å². The lowest BCUT2D eigenvalue weighted by atomic mass is 10.3. The van der Waals surface area contributed by atoms with E-state index in [9.17, 15) is 0 Å². The van der Waals surface area contributed by atoms with Crippen LogP contribution in [-0.4, -0.2) is 9.55 Å². The number of hydrogen-bond acceptors (Lipinski definition) is 2. The molecule has 1 heterocycles. The molecule has 0 aliphatic rings. The van der Waals surface area contributed by atoms with Crippen molar-refractivity contribution in [3.8, 4) is 0 Å². The van der Waals surface area contributed by atoms with E-state index < -0.39 is 0 Å². The third kappa shape index (κ3) is 2.94. The summed E-state index contributed by atoms with van der Waals surface area (Å²) in [5.41, 5.74) is 0.973. The van der Waals surface area contributed by atoms with Crippen LogP contribution in [0.25, 0.3) is 0 Å². The Hall–Kier alpha value is -0.710. The topological polar surface area (TPSA) is 29.9 Å². The Balaban J connectivity index is 2.07. The van der Waals surface area contributed by atoms with Gasteiger partial charge in [0, 0.05) is 17.2 Å². The highest BCUT2D eigenvalue weighted by Gasteiger charge is 2.04. The summed E-state index contributed by atoms with van der Waals surface area (Å²) in [6, 6.07) is 5.67. The van der Waals surface area contributed by atoms with Crippen molar-refractivity contribution < 1.29 is 0 Å². The van der Waals surface area contributed by atoms with Crippen molar-refractivity contribution in [2.24, 2.45) is 7.05 Å². The fourth-order valence-electron chi connectivity index (χ4n) is 1.38. The predicted molar refractivity (Wildman–Crippen MR) is 74.7 cm³/mol. The molecule has 0 unspecified atom stereocenters. The molecule has 6 heteroatoms. The molecule has 0 atom stereocenters. The summed E-state index contributed by atoms with van der Waals surface area (Å²) in [5, 5.41) is 4.57.